The van der Waals surface area contributed by atoms with Crippen LogP contribution < -0.4 is 18.9 Å². The molecule has 0 atom stereocenters. The van der Waals surface area contributed by atoms with Crippen LogP contribution in [-0.4, -0.2) is 67.2 Å². The van der Waals surface area contributed by atoms with Gasteiger partial charge in [0, 0.05) is 22.3 Å². The van der Waals surface area contributed by atoms with Crippen molar-refractivity contribution in [1.29, 1.82) is 0 Å². The van der Waals surface area contributed by atoms with Crippen LogP contribution in [0.2, 0.25) is 0 Å². The minimum Gasteiger partial charge on any atom is -0.494 e. The van der Waals surface area contributed by atoms with Crippen molar-refractivity contribution in [1.82, 2.24) is 40.8 Å². The Kier molecular flexibility index (Phi) is 21.2. The first-order chi connectivity index (χ1) is 35.5. The molecule has 0 saturated carbocycles. The van der Waals surface area contributed by atoms with Crippen molar-refractivity contribution in [3.05, 3.63) is 97.1 Å². The van der Waals surface area contributed by atoms with Crippen LogP contribution in [0.5, 0.6) is 23.0 Å². The SMILES string of the molecule is CCCCCCOc1ccc(-c2nnc(-c3nnc(-c4ccc(OCCCCCC)cc4)o3)o2)cc1.CCCCCCOc1ccc(-c2nnc(-c3nnc(-c4ccc(OCCCCCC)cc4)o3)o2)cc1. The van der Waals surface area contributed by atoms with Crippen LogP contribution in [0.25, 0.3) is 69.4 Å². The van der Waals surface area contributed by atoms with E-state index in [0.717, 1.165) is 97.4 Å². The van der Waals surface area contributed by atoms with Crippen LogP contribution in [0.4, 0.5) is 0 Å². The topological polar surface area (TPSA) is 193 Å². The van der Waals surface area contributed by atoms with Crippen molar-refractivity contribution in [2.45, 2.75) is 130 Å². The van der Waals surface area contributed by atoms with Crippen LogP contribution in [0.3, 0.4) is 0 Å². The third kappa shape index (κ3) is 16.4. The van der Waals surface area contributed by atoms with E-state index in [1.54, 1.807) is 0 Å². The van der Waals surface area contributed by atoms with E-state index in [1.807, 2.05) is 97.1 Å². The third-order valence-electron chi connectivity index (χ3n) is 11.5. The van der Waals surface area contributed by atoms with E-state index >= 15 is 0 Å². The zero-order valence-corrected chi connectivity index (χ0v) is 42.2. The van der Waals surface area contributed by atoms with E-state index in [0.29, 0.717) is 23.6 Å². The maximum Gasteiger partial charge on any atom is 0.306 e. The van der Waals surface area contributed by atoms with Crippen molar-refractivity contribution < 1.29 is 36.6 Å². The second-order valence-corrected chi connectivity index (χ2v) is 17.4. The quantitative estimate of drug-likeness (QED) is 0.0386. The van der Waals surface area contributed by atoms with Crippen molar-refractivity contribution in [2.24, 2.45) is 0 Å². The molecular formula is C56H68N8O8. The fourth-order valence-electron chi connectivity index (χ4n) is 7.36. The van der Waals surface area contributed by atoms with Gasteiger partial charge in [0.1, 0.15) is 23.0 Å². The van der Waals surface area contributed by atoms with Gasteiger partial charge >= 0.3 is 23.6 Å². The molecule has 0 aliphatic rings. The lowest BCUT2D eigenvalue weighted by Crippen LogP contribution is -1.96. The summed E-state index contributed by atoms with van der Waals surface area (Å²) in [5, 5.41) is 32.8. The molecule has 16 nitrogen and oxygen atoms in total. The summed E-state index contributed by atoms with van der Waals surface area (Å²) in [5.74, 6) is 5.49. The van der Waals surface area contributed by atoms with Crippen molar-refractivity contribution in [3.8, 4) is 92.4 Å². The van der Waals surface area contributed by atoms with Gasteiger partial charge in [-0.05, 0) is 123 Å². The van der Waals surface area contributed by atoms with E-state index in [2.05, 4.69) is 68.5 Å². The molecule has 0 bridgehead atoms. The summed E-state index contributed by atoms with van der Waals surface area (Å²) >= 11 is 0. The van der Waals surface area contributed by atoms with Gasteiger partial charge in [-0.3, -0.25) is 0 Å². The predicted octanol–water partition coefficient (Wildman–Crippen LogP) is 14.7. The normalized spacial score (nSPS) is 11.1. The minimum atomic E-state index is 0.173. The standard InChI is InChI=1S/2C28H34N4O4/c2*1-3-5-7-9-19-33-23-15-11-21(12-16-23)25-29-31-27(35-25)28-32-30-26(36-28)22-13-17-24(18-14-22)34-20-10-8-6-4-2/h2*11-18H,3-10,19-20H2,1-2H3. The minimum absolute atomic E-state index is 0.173. The van der Waals surface area contributed by atoms with Gasteiger partial charge in [0.25, 0.3) is 0 Å². The molecule has 0 fully saturated rings. The lowest BCUT2D eigenvalue weighted by atomic mass is 10.2. The molecular weight excluding hydrogens is 913 g/mol. The van der Waals surface area contributed by atoms with E-state index in [9.17, 15) is 0 Å². The van der Waals surface area contributed by atoms with Gasteiger partial charge in [0.2, 0.25) is 23.6 Å². The van der Waals surface area contributed by atoms with Gasteiger partial charge < -0.3 is 36.6 Å². The summed E-state index contributed by atoms with van der Waals surface area (Å²) in [6.07, 6.45) is 18.8. The molecule has 4 heterocycles. The van der Waals surface area contributed by atoms with Crippen LogP contribution in [0.15, 0.2) is 115 Å². The molecule has 4 aromatic heterocycles. The highest BCUT2D eigenvalue weighted by Crippen LogP contribution is 2.30. The number of aromatic nitrogens is 8. The molecule has 0 radical (unpaired) electrons. The number of rotatable bonds is 30. The van der Waals surface area contributed by atoms with Crippen LogP contribution in [0, 0.1) is 0 Å². The third-order valence-corrected chi connectivity index (χ3v) is 11.5. The first-order valence-corrected chi connectivity index (χ1v) is 25.8. The largest absolute Gasteiger partial charge is 0.494 e. The van der Waals surface area contributed by atoms with E-state index in [4.69, 9.17) is 36.6 Å². The maximum absolute atomic E-state index is 5.80. The lowest BCUT2D eigenvalue weighted by Gasteiger charge is -2.06. The summed E-state index contributed by atoms with van der Waals surface area (Å²) in [5.41, 5.74) is 3.16. The Morgan fingerprint density at radius 1 is 0.250 bits per heavy atom. The number of ether oxygens (including phenoxy) is 4. The number of nitrogens with zero attached hydrogens (tertiary/aromatic N) is 8. The molecule has 8 rings (SSSR count). The first-order valence-electron chi connectivity index (χ1n) is 25.8. The van der Waals surface area contributed by atoms with Crippen molar-refractivity contribution in [2.75, 3.05) is 26.4 Å². The average molecular weight is 981 g/mol. The summed E-state index contributed by atoms with van der Waals surface area (Å²) in [4.78, 5) is 0. The molecule has 0 unspecified atom stereocenters. The Morgan fingerprint density at radius 3 is 0.639 bits per heavy atom. The second-order valence-electron chi connectivity index (χ2n) is 17.4. The first kappa shape index (κ1) is 52.5. The second kappa shape index (κ2) is 29.1. The molecule has 0 N–H and O–H groups in total. The van der Waals surface area contributed by atoms with Crippen molar-refractivity contribution >= 4 is 0 Å². The number of hydrogen-bond acceptors (Lipinski definition) is 16. The smallest absolute Gasteiger partial charge is 0.306 e. The van der Waals surface area contributed by atoms with E-state index in [-0.39, 0.29) is 23.6 Å². The Balaban J connectivity index is 0.000000211. The van der Waals surface area contributed by atoms with Gasteiger partial charge in [-0.25, -0.2) is 0 Å². The molecule has 0 aliphatic heterocycles. The Morgan fingerprint density at radius 2 is 0.444 bits per heavy atom. The Hall–Kier alpha value is -7.36. The van der Waals surface area contributed by atoms with Crippen LogP contribution >= 0.6 is 0 Å². The van der Waals surface area contributed by atoms with E-state index < -0.39 is 0 Å². The highest BCUT2D eigenvalue weighted by molar-refractivity contribution is 5.59. The van der Waals surface area contributed by atoms with Gasteiger partial charge in [-0.1, -0.05) is 105 Å². The van der Waals surface area contributed by atoms with Crippen LogP contribution in [0.1, 0.15) is 130 Å². The van der Waals surface area contributed by atoms with Gasteiger partial charge in [-0.15, -0.1) is 40.8 Å². The highest BCUT2D eigenvalue weighted by Gasteiger charge is 2.20. The van der Waals surface area contributed by atoms with Crippen molar-refractivity contribution in [3.63, 3.8) is 0 Å². The fourth-order valence-corrected chi connectivity index (χ4v) is 7.36. The molecule has 0 aliphatic carbocycles. The summed E-state index contributed by atoms with van der Waals surface area (Å²) < 4.78 is 46.3. The molecule has 0 amide bonds. The molecule has 0 saturated heterocycles. The molecule has 72 heavy (non-hydrogen) atoms. The van der Waals surface area contributed by atoms with Gasteiger partial charge in [0.15, 0.2) is 0 Å². The molecule has 8 aromatic rings. The zero-order chi connectivity index (χ0) is 50.0. The zero-order valence-electron chi connectivity index (χ0n) is 42.2. The summed E-state index contributed by atoms with van der Waals surface area (Å²) in [7, 11) is 0. The predicted molar refractivity (Wildman–Crippen MR) is 275 cm³/mol. The fraction of sp³-hybridized carbons (Fsp3) is 0.429. The molecule has 16 heteroatoms. The molecule has 4 aromatic carbocycles. The number of unbranched alkanes of at least 4 members (excludes halogenated alkanes) is 12. The number of hydrogen-bond donors (Lipinski definition) is 0. The Labute approximate surface area is 422 Å². The molecule has 0 spiro atoms. The van der Waals surface area contributed by atoms with Gasteiger partial charge in [0.05, 0.1) is 26.4 Å². The van der Waals surface area contributed by atoms with E-state index in [1.165, 1.54) is 77.0 Å². The average Bonchev–Trinajstić information content (AvgIpc) is 4.28. The molecule has 380 valence electrons. The van der Waals surface area contributed by atoms with Gasteiger partial charge in [-0.2, -0.15) is 0 Å². The summed E-state index contributed by atoms with van der Waals surface area (Å²) in [6, 6.07) is 30.4. The number of benzene rings is 4. The maximum atomic E-state index is 5.80. The van der Waals surface area contributed by atoms with Crippen LogP contribution in [-0.2, 0) is 0 Å². The lowest BCUT2D eigenvalue weighted by molar-refractivity contribution is 0.305. The Bertz CT molecular complexity index is 2340. The highest BCUT2D eigenvalue weighted by atomic mass is 16.5. The summed E-state index contributed by atoms with van der Waals surface area (Å²) in [6.45, 7) is 11.7. The monoisotopic (exact) mass is 981 g/mol.